The highest BCUT2D eigenvalue weighted by Gasteiger charge is 2.17. The molecule has 0 atom stereocenters. The zero-order valence-electron chi connectivity index (χ0n) is 16.1. The van der Waals surface area contributed by atoms with Crippen LogP contribution in [0.5, 0.6) is 0 Å². The highest BCUT2D eigenvalue weighted by molar-refractivity contribution is 5.87. The van der Waals surface area contributed by atoms with E-state index in [1.54, 1.807) is 12.3 Å². The van der Waals surface area contributed by atoms with Crippen molar-refractivity contribution >= 4 is 27.9 Å². The van der Waals surface area contributed by atoms with Gasteiger partial charge in [-0.3, -0.25) is 4.79 Å². The maximum atomic E-state index is 12.5. The molecule has 0 unspecified atom stereocenters. The highest BCUT2D eigenvalue weighted by Crippen LogP contribution is 2.30. The Kier molecular flexibility index (Phi) is 4.23. The van der Waals surface area contributed by atoms with Crippen molar-refractivity contribution in [3.05, 3.63) is 80.9 Å². The Bertz CT molecular complexity index is 1310. The summed E-state index contributed by atoms with van der Waals surface area (Å²) in [6.07, 6.45) is 5.09. The number of carbonyl (C=O) groups excluding carboxylic acids is 1. The first-order valence-electron chi connectivity index (χ1n) is 9.78. The quantitative estimate of drug-likeness (QED) is 0.377. The number of carbonyl (C=O) groups is 1. The number of aryl methyl sites for hydroxylation is 3. The first-order chi connectivity index (χ1) is 14.1. The fourth-order valence-electron chi connectivity index (χ4n) is 4.11. The van der Waals surface area contributed by atoms with Crippen molar-refractivity contribution in [2.75, 3.05) is 0 Å². The number of benzene rings is 2. The third kappa shape index (κ3) is 3.33. The summed E-state index contributed by atoms with van der Waals surface area (Å²) in [5.41, 5.74) is 6.00. The summed E-state index contributed by atoms with van der Waals surface area (Å²) in [5.74, 6) is -0.360. The fourth-order valence-corrected chi connectivity index (χ4v) is 4.11. The van der Waals surface area contributed by atoms with Gasteiger partial charge in [-0.2, -0.15) is 0 Å². The standard InChI is InChI=1S/C24H20O5/c1-14-5-6-19-17(11-24(26)29-22(19)7-14)13-28-23(25)10-18-12-27-21-9-16-4-2-3-15(16)8-20(18)21/h5-9,11-12H,2-4,10,13H2,1H3. The van der Waals surface area contributed by atoms with E-state index in [0.29, 0.717) is 11.1 Å². The largest absolute Gasteiger partial charge is 0.464 e. The van der Waals surface area contributed by atoms with Crippen LogP contribution in [0.4, 0.5) is 0 Å². The number of hydrogen-bond acceptors (Lipinski definition) is 5. The SMILES string of the molecule is Cc1ccc2c(COC(=O)Cc3coc4cc5c(cc34)CCC5)cc(=O)oc2c1. The molecule has 5 rings (SSSR count). The lowest BCUT2D eigenvalue weighted by Gasteiger charge is -2.07. The van der Waals surface area contributed by atoms with E-state index in [1.165, 1.54) is 17.2 Å². The fraction of sp³-hybridized carbons (Fsp3) is 0.250. The van der Waals surface area contributed by atoms with Crippen LogP contribution in [0.1, 0.15) is 34.2 Å². The van der Waals surface area contributed by atoms with E-state index in [0.717, 1.165) is 46.7 Å². The number of furan rings is 1. The molecular formula is C24H20O5. The summed E-state index contributed by atoms with van der Waals surface area (Å²) >= 11 is 0. The van der Waals surface area contributed by atoms with Gasteiger partial charge in [0.25, 0.3) is 0 Å². The van der Waals surface area contributed by atoms with Gasteiger partial charge in [-0.05, 0) is 61.1 Å². The molecule has 4 aromatic rings. The van der Waals surface area contributed by atoms with Crippen LogP contribution in [0.3, 0.4) is 0 Å². The molecule has 0 bridgehead atoms. The molecule has 0 fully saturated rings. The molecule has 5 heteroatoms. The molecule has 146 valence electrons. The van der Waals surface area contributed by atoms with Crippen molar-refractivity contribution in [3.8, 4) is 0 Å². The van der Waals surface area contributed by atoms with Crippen LogP contribution >= 0.6 is 0 Å². The Hall–Kier alpha value is -3.34. The van der Waals surface area contributed by atoms with E-state index in [9.17, 15) is 9.59 Å². The average molecular weight is 388 g/mol. The Labute approximate surface area is 166 Å². The number of hydrogen-bond donors (Lipinski definition) is 0. The minimum atomic E-state index is -0.455. The lowest BCUT2D eigenvalue weighted by molar-refractivity contribution is -0.144. The summed E-state index contributed by atoms with van der Waals surface area (Å²) in [6, 6.07) is 11.2. The van der Waals surface area contributed by atoms with Gasteiger partial charge in [0.1, 0.15) is 17.8 Å². The zero-order valence-corrected chi connectivity index (χ0v) is 16.1. The van der Waals surface area contributed by atoms with Crippen molar-refractivity contribution in [3.63, 3.8) is 0 Å². The molecule has 0 saturated heterocycles. The topological polar surface area (TPSA) is 69.7 Å². The summed E-state index contributed by atoms with van der Waals surface area (Å²) < 4.78 is 16.4. The normalized spacial score (nSPS) is 13.1. The summed E-state index contributed by atoms with van der Waals surface area (Å²) in [7, 11) is 0. The first-order valence-corrected chi connectivity index (χ1v) is 9.78. The maximum absolute atomic E-state index is 12.5. The molecule has 0 amide bonds. The molecule has 1 aliphatic carbocycles. The molecule has 2 aromatic carbocycles. The van der Waals surface area contributed by atoms with Gasteiger partial charge in [0, 0.05) is 28.0 Å². The molecular weight excluding hydrogens is 368 g/mol. The van der Waals surface area contributed by atoms with Gasteiger partial charge in [0.05, 0.1) is 12.7 Å². The molecule has 0 saturated carbocycles. The van der Waals surface area contributed by atoms with Crippen LogP contribution in [-0.2, 0) is 35.4 Å². The molecule has 0 aliphatic heterocycles. The van der Waals surface area contributed by atoms with Gasteiger partial charge in [-0.15, -0.1) is 0 Å². The molecule has 0 N–H and O–H groups in total. The Morgan fingerprint density at radius 2 is 1.83 bits per heavy atom. The number of esters is 1. The Morgan fingerprint density at radius 3 is 2.69 bits per heavy atom. The molecule has 2 heterocycles. The Balaban J connectivity index is 1.35. The number of ether oxygens (including phenoxy) is 1. The van der Waals surface area contributed by atoms with E-state index in [2.05, 4.69) is 12.1 Å². The van der Waals surface area contributed by atoms with Crippen LogP contribution < -0.4 is 5.63 Å². The van der Waals surface area contributed by atoms with Crippen LogP contribution in [0.2, 0.25) is 0 Å². The highest BCUT2D eigenvalue weighted by atomic mass is 16.5. The minimum Gasteiger partial charge on any atom is -0.464 e. The van der Waals surface area contributed by atoms with Crippen LogP contribution in [0.25, 0.3) is 21.9 Å². The first kappa shape index (κ1) is 17.7. The summed E-state index contributed by atoms with van der Waals surface area (Å²) in [5, 5.41) is 1.75. The number of fused-ring (bicyclic) bond motifs is 3. The maximum Gasteiger partial charge on any atom is 0.336 e. The van der Waals surface area contributed by atoms with Crippen LogP contribution in [0, 0.1) is 6.92 Å². The third-order valence-corrected chi connectivity index (χ3v) is 5.58. The molecule has 2 aromatic heterocycles. The van der Waals surface area contributed by atoms with Gasteiger partial charge in [0.15, 0.2) is 0 Å². The minimum absolute atomic E-state index is 0.0230. The second kappa shape index (κ2) is 6.92. The van der Waals surface area contributed by atoms with E-state index in [-0.39, 0.29) is 19.0 Å². The second-order valence-electron chi connectivity index (χ2n) is 7.66. The van der Waals surface area contributed by atoms with Crippen molar-refractivity contribution in [2.45, 2.75) is 39.2 Å². The Morgan fingerprint density at radius 1 is 1.00 bits per heavy atom. The second-order valence-corrected chi connectivity index (χ2v) is 7.66. The van der Waals surface area contributed by atoms with Gasteiger partial charge in [-0.1, -0.05) is 12.1 Å². The average Bonchev–Trinajstić information content (AvgIpc) is 3.30. The molecule has 29 heavy (non-hydrogen) atoms. The molecule has 0 spiro atoms. The lowest BCUT2D eigenvalue weighted by Crippen LogP contribution is -2.09. The molecule has 5 nitrogen and oxygen atoms in total. The van der Waals surface area contributed by atoms with Crippen LogP contribution in [-0.4, -0.2) is 5.97 Å². The van der Waals surface area contributed by atoms with E-state index >= 15 is 0 Å². The van der Waals surface area contributed by atoms with Crippen LogP contribution in [0.15, 0.2) is 56.3 Å². The smallest absolute Gasteiger partial charge is 0.336 e. The zero-order chi connectivity index (χ0) is 20.0. The van der Waals surface area contributed by atoms with E-state index in [4.69, 9.17) is 13.6 Å². The van der Waals surface area contributed by atoms with E-state index < -0.39 is 5.63 Å². The molecule has 0 radical (unpaired) electrons. The summed E-state index contributed by atoms with van der Waals surface area (Å²) in [6.45, 7) is 1.95. The third-order valence-electron chi connectivity index (χ3n) is 5.58. The van der Waals surface area contributed by atoms with Crippen molar-refractivity contribution < 1.29 is 18.4 Å². The number of rotatable bonds is 4. The van der Waals surface area contributed by atoms with Crippen molar-refractivity contribution in [2.24, 2.45) is 0 Å². The lowest BCUT2D eigenvalue weighted by atomic mass is 10.0. The van der Waals surface area contributed by atoms with Gasteiger partial charge < -0.3 is 13.6 Å². The van der Waals surface area contributed by atoms with Gasteiger partial charge in [-0.25, -0.2) is 4.79 Å². The van der Waals surface area contributed by atoms with Crippen molar-refractivity contribution in [1.82, 2.24) is 0 Å². The predicted molar refractivity (Wildman–Crippen MR) is 109 cm³/mol. The van der Waals surface area contributed by atoms with E-state index in [1.807, 2.05) is 19.1 Å². The molecule has 1 aliphatic rings. The monoisotopic (exact) mass is 388 g/mol. The summed E-state index contributed by atoms with van der Waals surface area (Å²) in [4.78, 5) is 24.3. The van der Waals surface area contributed by atoms with Gasteiger partial charge >= 0.3 is 11.6 Å². The van der Waals surface area contributed by atoms with Crippen molar-refractivity contribution in [1.29, 1.82) is 0 Å². The van der Waals surface area contributed by atoms with Gasteiger partial charge in [0.2, 0.25) is 0 Å². The predicted octanol–water partition coefficient (Wildman–Crippen LogP) is 4.62.